The van der Waals surface area contributed by atoms with Gasteiger partial charge in [-0.25, -0.2) is 0 Å². The van der Waals surface area contributed by atoms with Crippen LogP contribution in [-0.4, -0.2) is 43.2 Å². The van der Waals surface area contributed by atoms with Crippen molar-refractivity contribution in [3.8, 4) is 0 Å². The maximum absolute atomic E-state index is 12.6. The second-order valence-corrected chi connectivity index (χ2v) is 6.61. The standard InChI is InChI=1S/C19H22N2OS/c1-23-15-16-7-9-17(10-8-16)19(22)21-13-11-20(12-14-21)18-5-3-2-4-6-18/h2-10H,11-15H2,1H3. The van der Waals surface area contributed by atoms with Gasteiger partial charge in [-0.2, -0.15) is 11.8 Å². The number of carbonyl (C=O) groups is 1. The van der Waals surface area contributed by atoms with Crippen LogP contribution >= 0.6 is 11.8 Å². The molecular formula is C19H22N2OS. The molecule has 1 fully saturated rings. The third-order valence-corrected chi connectivity index (χ3v) is 4.82. The van der Waals surface area contributed by atoms with Gasteiger partial charge in [-0.3, -0.25) is 4.79 Å². The number of para-hydroxylation sites is 1. The molecule has 0 atom stereocenters. The second-order valence-electron chi connectivity index (χ2n) is 5.74. The highest BCUT2D eigenvalue weighted by molar-refractivity contribution is 7.97. The number of piperazine rings is 1. The number of benzene rings is 2. The molecule has 0 N–H and O–H groups in total. The van der Waals surface area contributed by atoms with Crippen LogP contribution < -0.4 is 4.90 Å². The average Bonchev–Trinajstić information content (AvgIpc) is 2.63. The first-order chi connectivity index (χ1) is 11.3. The van der Waals surface area contributed by atoms with Crippen LogP contribution in [0.25, 0.3) is 0 Å². The van der Waals surface area contributed by atoms with Crippen LogP contribution in [0.4, 0.5) is 5.69 Å². The van der Waals surface area contributed by atoms with Crippen molar-refractivity contribution in [1.29, 1.82) is 0 Å². The van der Waals surface area contributed by atoms with Crippen LogP contribution in [-0.2, 0) is 5.75 Å². The molecule has 3 nitrogen and oxygen atoms in total. The van der Waals surface area contributed by atoms with E-state index in [9.17, 15) is 4.79 Å². The van der Waals surface area contributed by atoms with Gasteiger partial charge in [0, 0.05) is 43.2 Å². The van der Waals surface area contributed by atoms with E-state index in [1.54, 1.807) is 11.8 Å². The zero-order valence-corrected chi connectivity index (χ0v) is 14.3. The van der Waals surface area contributed by atoms with Gasteiger partial charge in [-0.05, 0) is 36.1 Å². The minimum absolute atomic E-state index is 0.147. The van der Waals surface area contributed by atoms with Crippen LogP contribution in [0.5, 0.6) is 0 Å². The Morgan fingerprint density at radius 1 is 0.957 bits per heavy atom. The summed E-state index contributed by atoms with van der Waals surface area (Å²) < 4.78 is 0. The van der Waals surface area contributed by atoms with Crippen molar-refractivity contribution in [1.82, 2.24) is 4.90 Å². The number of carbonyl (C=O) groups excluding carboxylic acids is 1. The van der Waals surface area contributed by atoms with Gasteiger partial charge >= 0.3 is 0 Å². The molecule has 0 spiro atoms. The van der Waals surface area contributed by atoms with Crippen molar-refractivity contribution < 1.29 is 4.79 Å². The number of hydrogen-bond donors (Lipinski definition) is 0. The summed E-state index contributed by atoms with van der Waals surface area (Å²) in [6.07, 6.45) is 2.09. The van der Waals surface area contributed by atoms with E-state index in [4.69, 9.17) is 0 Å². The number of rotatable bonds is 4. The van der Waals surface area contributed by atoms with Crippen LogP contribution in [0.2, 0.25) is 0 Å². The lowest BCUT2D eigenvalue weighted by atomic mass is 10.1. The number of thioether (sulfide) groups is 1. The summed E-state index contributed by atoms with van der Waals surface area (Å²) in [5.41, 5.74) is 3.30. The molecule has 0 radical (unpaired) electrons. The van der Waals surface area contributed by atoms with Crippen molar-refractivity contribution >= 4 is 23.4 Å². The van der Waals surface area contributed by atoms with Gasteiger partial charge in [0.2, 0.25) is 0 Å². The maximum Gasteiger partial charge on any atom is 0.253 e. The molecule has 2 aromatic rings. The van der Waals surface area contributed by atoms with Crippen molar-refractivity contribution in [2.45, 2.75) is 5.75 Å². The number of anilines is 1. The van der Waals surface area contributed by atoms with Gasteiger partial charge in [0.15, 0.2) is 0 Å². The summed E-state index contributed by atoms with van der Waals surface area (Å²) >= 11 is 1.79. The van der Waals surface area contributed by atoms with E-state index in [0.29, 0.717) is 0 Å². The molecule has 4 heteroatoms. The highest BCUT2D eigenvalue weighted by atomic mass is 32.2. The molecule has 0 bridgehead atoms. The van der Waals surface area contributed by atoms with Crippen LogP contribution in [0.3, 0.4) is 0 Å². The Kier molecular flexibility index (Phi) is 5.23. The highest BCUT2D eigenvalue weighted by Crippen LogP contribution is 2.17. The Labute approximate surface area is 142 Å². The molecule has 0 aliphatic carbocycles. The first-order valence-electron chi connectivity index (χ1n) is 7.95. The first kappa shape index (κ1) is 15.9. The molecule has 1 amide bonds. The second kappa shape index (κ2) is 7.55. The molecule has 1 aliphatic heterocycles. The molecular weight excluding hydrogens is 304 g/mol. The van der Waals surface area contributed by atoms with Gasteiger partial charge in [0.05, 0.1) is 0 Å². The molecule has 0 unspecified atom stereocenters. The normalized spacial score (nSPS) is 14.8. The monoisotopic (exact) mass is 326 g/mol. The SMILES string of the molecule is CSCc1ccc(C(=O)N2CCN(c3ccccc3)CC2)cc1. The van der Waals surface area contributed by atoms with E-state index in [1.165, 1.54) is 11.3 Å². The van der Waals surface area contributed by atoms with Crippen molar-refractivity contribution in [2.24, 2.45) is 0 Å². The molecule has 1 saturated heterocycles. The molecule has 0 aromatic heterocycles. The van der Waals surface area contributed by atoms with E-state index in [-0.39, 0.29) is 5.91 Å². The van der Waals surface area contributed by atoms with Crippen LogP contribution in [0.1, 0.15) is 15.9 Å². The predicted octanol–water partition coefficient (Wildman–Crippen LogP) is 3.51. The quantitative estimate of drug-likeness (QED) is 0.859. The fourth-order valence-electron chi connectivity index (χ4n) is 2.90. The summed E-state index contributed by atoms with van der Waals surface area (Å²) in [5.74, 6) is 1.14. The van der Waals surface area contributed by atoms with Crippen LogP contribution in [0, 0.1) is 0 Å². The number of hydrogen-bond acceptors (Lipinski definition) is 3. The number of amides is 1. The summed E-state index contributed by atoms with van der Waals surface area (Å²) in [7, 11) is 0. The largest absolute Gasteiger partial charge is 0.368 e. The van der Waals surface area contributed by atoms with Crippen molar-refractivity contribution in [2.75, 3.05) is 37.3 Å². The van der Waals surface area contributed by atoms with Crippen molar-refractivity contribution in [3.05, 3.63) is 65.7 Å². The smallest absolute Gasteiger partial charge is 0.253 e. The number of nitrogens with zero attached hydrogens (tertiary/aromatic N) is 2. The Morgan fingerprint density at radius 2 is 1.61 bits per heavy atom. The summed E-state index contributed by atoms with van der Waals surface area (Å²) in [6, 6.07) is 18.4. The average molecular weight is 326 g/mol. The molecule has 0 saturated carbocycles. The highest BCUT2D eigenvalue weighted by Gasteiger charge is 2.22. The van der Waals surface area contributed by atoms with Crippen LogP contribution in [0.15, 0.2) is 54.6 Å². The summed E-state index contributed by atoms with van der Waals surface area (Å²) in [6.45, 7) is 3.33. The molecule has 23 heavy (non-hydrogen) atoms. The third kappa shape index (κ3) is 3.88. The Morgan fingerprint density at radius 3 is 2.22 bits per heavy atom. The van der Waals surface area contributed by atoms with E-state index < -0.39 is 0 Å². The third-order valence-electron chi connectivity index (χ3n) is 4.20. The van der Waals surface area contributed by atoms with Gasteiger partial charge in [-0.15, -0.1) is 0 Å². The lowest BCUT2D eigenvalue weighted by Gasteiger charge is -2.36. The lowest BCUT2D eigenvalue weighted by molar-refractivity contribution is 0.0747. The van der Waals surface area contributed by atoms with Gasteiger partial charge in [0.1, 0.15) is 0 Å². The van der Waals surface area contributed by atoms with E-state index in [0.717, 1.165) is 37.5 Å². The van der Waals surface area contributed by atoms with Gasteiger partial charge in [0.25, 0.3) is 5.91 Å². The first-order valence-corrected chi connectivity index (χ1v) is 9.34. The molecule has 2 aromatic carbocycles. The fraction of sp³-hybridized carbons (Fsp3) is 0.316. The van der Waals surface area contributed by atoms with Gasteiger partial charge in [-0.1, -0.05) is 30.3 Å². The Bertz CT molecular complexity index is 634. The van der Waals surface area contributed by atoms with E-state index in [1.807, 2.05) is 23.1 Å². The minimum atomic E-state index is 0.147. The summed E-state index contributed by atoms with van der Waals surface area (Å²) in [4.78, 5) is 16.9. The predicted molar refractivity (Wildman–Crippen MR) is 98.2 cm³/mol. The van der Waals surface area contributed by atoms with Gasteiger partial charge < -0.3 is 9.80 Å². The van der Waals surface area contributed by atoms with E-state index >= 15 is 0 Å². The zero-order valence-electron chi connectivity index (χ0n) is 13.4. The molecule has 120 valence electrons. The Hall–Kier alpha value is -1.94. The Balaban J connectivity index is 1.59. The maximum atomic E-state index is 12.6. The fourth-order valence-corrected chi connectivity index (χ4v) is 3.43. The lowest BCUT2D eigenvalue weighted by Crippen LogP contribution is -2.48. The van der Waals surface area contributed by atoms with Crippen molar-refractivity contribution in [3.63, 3.8) is 0 Å². The molecule has 3 rings (SSSR count). The van der Waals surface area contributed by atoms with E-state index in [2.05, 4.69) is 47.6 Å². The topological polar surface area (TPSA) is 23.6 Å². The minimum Gasteiger partial charge on any atom is -0.368 e. The summed E-state index contributed by atoms with van der Waals surface area (Å²) in [5, 5.41) is 0. The zero-order chi connectivity index (χ0) is 16.1. The molecule has 1 aliphatic rings. The molecule has 1 heterocycles.